The van der Waals surface area contributed by atoms with Crippen LogP contribution in [0.15, 0.2) is 0 Å². The molecule has 6 aliphatic rings. The summed E-state index contributed by atoms with van der Waals surface area (Å²) in [5.74, 6) is 21.8. The molecule has 0 aromatic rings. The second-order valence-electron chi connectivity index (χ2n) is 21.4. The number of ether oxygens (including phenoxy) is 9. The number of nitrogens with one attached hydrogen (secondary N) is 9. The van der Waals surface area contributed by atoms with Gasteiger partial charge in [0.05, 0.1) is 59.5 Å². The van der Waals surface area contributed by atoms with Gasteiger partial charge in [-0.1, -0.05) is 0 Å². The summed E-state index contributed by atoms with van der Waals surface area (Å²) in [4.78, 5) is 75.6. The number of hydrogen-bond acceptors (Lipinski definition) is 22. The third-order valence-electron chi connectivity index (χ3n) is 15.5. The predicted molar refractivity (Wildman–Crippen MR) is 311 cm³/mol. The molecule has 0 aromatic heterocycles. The highest BCUT2D eigenvalue weighted by Crippen LogP contribution is 2.54. The number of rotatable bonds is 39. The topological polar surface area (TPSA) is 399 Å². The quantitative estimate of drug-likeness (QED) is 0.0230. The molecular weight excluding hydrogens is 1220 g/mol. The van der Waals surface area contributed by atoms with Crippen LogP contribution in [0, 0.1) is 88.8 Å². The molecule has 0 saturated heterocycles. The summed E-state index contributed by atoms with van der Waals surface area (Å²) in [6.07, 6.45) is 4.74. The lowest BCUT2D eigenvalue weighted by molar-refractivity contribution is 0.0741. The van der Waals surface area contributed by atoms with Crippen LogP contribution in [0.25, 0.3) is 0 Å². The first-order chi connectivity index (χ1) is 42.4. The molecule has 0 spiro atoms. The van der Waals surface area contributed by atoms with Crippen molar-refractivity contribution in [1.82, 2.24) is 49.2 Å². The molecule has 0 radical (unpaired) electrons. The molecule has 0 heterocycles. The van der Waals surface area contributed by atoms with Crippen LogP contribution in [-0.4, -0.2) is 205 Å². The predicted octanol–water partition coefficient (Wildman–Crippen LogP) is 0.517. The second-order valence-corrected chi connectivity index (χ2v) is 25.9. The summed E-state index contributed by atoms with van der Waals surface area (Å²) in [5.41, 5.74) is 0. The normalized spacial score (nSPS) is 23.1. The Morgan fingerprint density at radius 2 is 0.580 bits per heavy atom. The average molecular weight is 1310 g/mol. The summed E-state index contributed by atoms with van der Waals surface area (Å²) < 4.78 is 133. The van der Waals surface area contributed by atoms with E-state index in [2.05, 4.69) is 65.6 Å². The van der Waals surface area contributed by atoms with Crippen molar-refractivity contribution in [3.63, 3.8) is 0 Å². The van der Waals surface area contributed by atoms with Crippen molar-refractivity contribution in [2.75, 3.05) is 138 Å². The SMILES string of the molecule is O=C(NCCN(CCNC(=O)OCCOCCNS(=O)(=O)NC(=O)OC[C@@H]1[C@@H]2CCC#CCC[C@@H]21)CCNC(=O)OCCOCCNS(=O)(=O)NC(=O)OC[C@@H]1[C@@H]2CCC#CCC[C@@H]21)OCCOCCNS(=O)(=O)NC(=O)OCC1[C@H]2CCC#CCC[C@@H]12. The molecule has 1 unspecified atom stereocenters. The van der Waals surface area contributed by atoms with Crippen molar-refractivity contribution in [1.29, 1.82) is 0 Å². The number of fused-ring (bicyclic) bond motifs is 3. The fourth-order valence-electron chi connectivity index (χ4n) is 11.0. The number of alkyl carbamates (subject to hydrolysis) is 3. The molecule has 6 rings (SSSR count). The van der Waals surface area contributed by atoms with Crippen molar-refractivity contribution < 1.29 is 96.7 Å². The number of carbonyl (C=O) groups is 6. The van der Waals surface area contributed by atoms with Crippen LogP contribution in [0.5, 0.6) is 0 Å². The highest BCUT2D eigenvalue weighted by Gasteiger charge is 2.51. The molecule has 9 atom stereocenters. The maximum absolute atomic E-state index is 12.4. The Kier molecular flexibility index (Phi) is 30.5. The van der Waals surface area contributed by atoms with Crippen molar-refractivity contribution in [2.24, 2.45) is 53.3 Å². The lowest BCUT2D eigenvalue weighted by atomic mass is 10.1. The van der Waals surface area contributed by atoms with E-state index in [4.69, 9.17) is 42.6 Å². The van der Waals surface area contributed by atoms with Crippen molar-refractivity contribution in [3.8, 4) is 35.5 Å². The third kappa shape index (κ3) is 28.6. The fraction of sp³-hybridized carbons (Fsp3) is 0.778. The van der Waals surface area contributed by atoms with Crippen LogP contribution in [-0.2, 0) is 73.3 Å². The van der Waals surface area contributed by atoms with Gasteiger partial charge in [-0.15, -0.1) is 35.5 Å². The molecule has 0 aromatic carbocycles. The van der Waals surface area contributed by atoms with Crippen molar-refractivity contribution in [3.05, 3.63) is 0 Å². The number of hydrogen-bond donors (Lipinski definition) is 9. The maximum Gasteiger partial charge on any atom is 0.421 e. The Hall–Kier alpha value is -6.13. The van der Waals surface area contributed by atoms with Gasteiger partial charge in [-0.3, -0.25) is 4.90 Å². The highest BCUT2D eigenvalue weighted by atomic mass is 32.2. The largest absolute Gasteiger partial charge is 0.449 e. The third-order valence-corrected chi connectivity index (χ3v) is 18.5. The maximum atomic E-state index is 12.4. The zero-order valence-corrected chi connectivity index (χ0v) is 51.7. The molecule has 88 heavy (non-hydrogen) atoms. The highest BCUT2D eigenvalue weighted by molar-refractivity contribution is 7.88. The second kappa shape index (κ2) is 37.8. The minimum atomic E-state index is -4.22. The summed E-state index contributed by atoms with van der Waals surface area (Å²) in [5, 5.41) is 7.73. The van der Waals surface area contributed by atoms with E-state index in [0.717, 1.165) is 77.0 Å². The van der Waals surface area contributed by atoms with E-state index in [1.54, 1.807) is 4.90 Å². The Balaban J connectivity index is 0.793. The minimum Gasteiger partial charge on any atom is -0.449 e. The first-order valence-corrected chi connectivity index (χ1v) is 34.2. The van der Waals surface area contributed by atoms with E-state index in [0.29, 0.717) is 35.5 Å². The monoisotopic (exact) mass is 1300 g/mol. The molecule has 3 fully saturated rings. The van der Waals surface area contributed by atoms with Crippen molar-refractivity contribution in [2.45, 2.75) is 77.0 Å². The van der Waals surface area contributed by atoms with E-state index in [9.17, 15) is 54.0 Å². The van der Waals surface area contributed by atoms with Crippen LogP contribution >= 0.6 is 0 Å². The Bertz CT molecular complexity index is 2490. The Morgan fingerprint density at radius 1 is 0.330 bits per heavy atom. The average Bonchev–Trinajstić information content (AvgIpc) is 4.46. The summed E-state index contributed by atoms with van der Waals surface area (Å²) in [6.45, 7) is -0.557. The number of nitrogens with zero attached hydrogens (tertiary/aromatic N) is 1. The zero-order chi connectivity index (χ0) is 63.0. The molecule has 31 nitrogen and oxygen atoms in total. The van der Waals surface area contributed by atoms with Crippen LogP contribution < -0.4 is 44.3 Å². The molecule has 6 amide bonds. The fourth-order valence-corrected chi connectivity index (χ4v) is 13.1. The smallest absolute Gasteiger partial charge is 0.421 e. The van der Waals surface area contributed by atoms with Gasteiger partial charge in [0, 0.05) is 97.4 Å². The van der Waals surface area contributed by atoms with E-state index in [1.165, 1.54) is 0 Å². The van der Waals surface area contributed by atoms with E-state index < -0.39 is 67.2 Å². The van der Waals surface area contributed by atoms with Gasteiger partial charge in [0.15, 0.2) is 0 Å². The van der Waals surface area contributed by atoms with Gasteiger partial charge in [-0.05, 0) is 91.8 Å². The molecule has 0 aliphatic heterocycles. The van der Waals surface area contributed by atoms with Gasteiger partial charge in [0.25, 0.3) is 0 Å². The molecule has 494 valence electrons. The summed E-state index contributed by atoms with van der Waals surface area (Å²) in [6, 6.07) is 0. The standard InChI is InChI=1S/C54H84N10O21S3/c65-49(80-34-31-77-28-22-58-86(71,72)61-52(68)83-37-46-40-13-7-1-2-8-14-41(40)46)55-19-25-64(26-20-56-50(66)81-35-32-78-29-23-59-87(73,74)62-53(69)84-38-47-42-15-9-3-4-10-16-43(42)47)27-21-57-51(67)82-36-33-79-30-24-60-88(75,76)63-54(70)85-39-48-44-17-11-5-6-12-18-45(44)48/h40-48,58-60H,7-39H2,(H,55,65)(H,56,66)(H,57,67)(H,61,68)(H,62,69)(H,63,70)/t40-,41+,42-,43+,44-,45+,46-,47-,48?. The lowest BCUT2D eigenvalue weighted by Gasteiger charge is -2.22. The van der Waals surface area contributed by atoms with E-state index in [1.807, 2.05) is 14.2 Å². The van der Waals surface area contributed by atoms with Gasteiger partial charge in [0.1, 0.15) is 19.8 Å². The molecule has 9 N–H and O–H groups in total. The molecule has 34 heteroatoms. The molecular formula is C54H84N10O21S3. The lowest BCUT2D eigenvalue weighted by Crippen LogP contribution is -2.43. The number of amides is 6. The van der Waals surface area contributed by atoms with Gasteiger partial charge in [-0.25, -0.2) is 42.9 Å². The minimum absolute atomic E-state index is 0.0548. The van der Waals surface area contributed by atoms with Gasteiger partial charge < -0.3 is 58.6 Å². The first kappa shape index (κ1) is 71.0. The zero-order valence-electron chi connectivity index (χ0n) is 49.3. The van der Waals surface area contributed by atoms with Crippen LogP contribution in [0.3, 0.4) is 0 Å². The van der Waals surface area contributed by atoms with Crippen LogP contribution in [0.2, 0.25) is 0 Å². The first-order valence-electron chi connectivity index (χ1n) is 29.8. The number of carbonyl (C=O) groups excluding carboxylic acids is 6. The molecule has 6 aliphatic carbocycles. The van der Waals surface area contributed by atoms with Crippen LogP contribution in [0.1, 0.15) is 77.0 Å². The van der Waals surface area contributed by atoms with Crippen molar-refractivity contribution >= 4 is 67.2 Å². The molecule has 3 saturated carbocycles. The van der Waals surface area contributed by atoms with Gasteiger partial charge in [-0.2, -0.15) is 39.4 Å². The summed E-state index contributed by atoms with van der Waals surface area (Å²) >= 11 is 0. The summed E-state index contributed by atoms with van der Waals surface area (Å²) in [7, 11) is -12.7. The Labute approximate surface area is 514 Å². The van der Waals surface area contributed by atoms with E-state index in [-0.39, 0.29) is 156 Å². The van der Waals surface area contributed by atoms with E-state index >= 15 is 0 Å². The van der Waals surface area contributed by atoms with Gasteiger partial charge in [0.2, 0.25) is 0 Å². The van der Waals surface area contributed by atoms with Gasteiger partial charge >= 0.3 is 67.2 Å². The Morgan fingerprint density at radius 3 is 0.830 bits per heavy atom. The van der Waals surface area contributed by atoms with Crippen LogP contribution in [0.4, 0.5) is 28.8 Å². The molecule has 0 bridgehead atoms.